The van der Waals surface area contributed by atoms with E-state index in [0.717, 1.165) is 5.06 Å². The van der Waals surface area contributed by atoms with Gasteiger partial charge in [-0.25, -0.2) is 0 Å². The lowest BCUT2D eigenvalue weighted by molar-refractivity contribution is -0.169. The van der Waals surface area contributed by atoms with Gasteiger partial charge in [0.15, 0.2) is 5.78 Å². The number of Topliss-reactive ketones (excluding diaryl/α,β-unsaturated/α-hetero) is 1. The number of phenols is 2. The fourth-order valence-corrected chi connectivity index (χ4v) is 5.60. The highest BCUT2D eigenvalue weighted by Gasteiger charge is 2.43. The van der Waals surface area contributed by atoms with Crippen molar-refractivity contribution in [3.05, 3.63) is 64.4 Å². The standard InChI is InChI=1S/C25H24N2O8/c26-25(32)7-12-6-11-3-4-13(21(30)19(11)22(31)18(12)16(28)8-25)20-14-2-1-5-34-24(14)35-23-15(20)9-27(33)10-17(23)29/h1-6,16,23-24,28,30-33H,7-10,26H2. The highest BCUT2D eigenvalue weighted by molar-refractivity contribution is 6.03. The van der Waals surface area contributed by atoms with Gasteiger partial charge in [-0.15, -0.1) is 0 Å². The van der Waals surface area contributed by atoms with Gasteiger partial charge >= 0.3 is 0 Å². The molecule has 0 radical (unpaired) electrons. The molecule has 182 valence electrons. The summed E-state index contributed by atoms with van der Waals surface area (Å²) in [5.41, 5.74) is 6.75. The molecule has 0 saturated carbocycles. The molecule has 0 amide bonds. The van der Waals surface area contributed by atoms with Crippen LogP contribution in [-0.2, 0) is 20.7 Å². The van der Waals surface area contributed by atoms with E-state index in [-0.39, 0.29) is 54.2 Å². The zero-order chi connectivity index (χ0) is 24.6. The Hall–Kier alpha value is -3.25. The average molecular weight is 480 g/mol. The SMILES string of the molecule is NC1(O)Cc2cc3ccc(C4=C5CN(O)CC(=O)C5OC5OC=CC=C45)c(O)c3c(O)c2C(O)C1. The van der Waals surface area contributed by atoms with Crippen LogP contribution in [0.3, 0.4) is 0 Å². The monoisotopic (exact) mass is 480 g/mol. The predicted octanol–water partition coefficient (Wildman–Crippen LogP) is 1.10. The van der Waals surface area contributed by atoms with Crippen molar-refractivity contribution in [2.24, 2.45) is 5.73 Å². The van der Waals surface area contributed by atoms with Gasteiger partial charge in [-0.05, 0) is 34.2 Å². The summed E-state index contributed by atoms with van der Waals surface area (Å²) in [5, 5.41) is 55.1. The maximum Gasteiger partial charge on any atom is 0.227 e. The molecule has 3 aliphatic heterocycles. The molecule has 0 aromatic heterocycles. The summed E-state index contributed by atoms with van der Waals surface area (Å²) < 4.78 is 11.5. The molecule has 1 aliphatic carbocycles. The topological polar surface area (TPSA) is 166 Å². The van der Waals surface area contributed by atoms with Gasteiger partial charge in [0.2, 0.25) is 6.29 Å². The van der Waals surface area contributed by atoms with Crippen molar-refractivity contribution in [2.75, 3.05) is 13.1 Å². The minimum atomic E-state index is -1.61. The molecular weight excluding hydrogens is 456 g/mol. The first-order valence-electron chi connectivity index (χ1n) is 11.2. The number of benzene rings is 2. The average Bonchev–Trinajstić information content (AvgIpc) is 2.77. The van der Waals surface area contributed by atoms with Gasteiger partial charge in [-0.1, -0.05) is 18.2 Å². The molecule has 0 spiro atoms. The van der Waals surface area contributed by atoms with Crippen LogP contribution in [0.4, 0.5) is 0 Å². The molecule has 1 fully saturated rings. The summed E-state index contributed by atoms with van der Waals surface area (Å²) in [4.78, 5) is 12.7. The number of aromatic hydroxyl groups is 2. The molecule has 2 aromatic rings. The largest absolute Gasteiger partial charge is 0.507 e. The molecule has 6 rings (SSSR count). The number of allylic oxidation sites excluding steroid dienone is 2. The smallest absolute Gasteiger partial charge is 0.227 e. The van der Waals surface area contributed by atoms with Gasteiger partial charge in [0.1, 0.15) is 23.3 Å². The van der Waals surface area contributed by atoms with Crippen molar-refractivity contribution in [3.63, 3.8) is 0 Å². The van der Waals surface area contributed by atoms with Crippen molar-refractivity contribution in [2.45, 2.75) is 37.1 Å². The Labute approximate surface area is 199 Å². The van der Waals surface area contributed by atoms with E-state index in [4.69, 9.17) is 15.2 Å². The highest BCUT2D eigenvalue weighted by atomic mass is 16.7. The Bertz CT molecular complexity index is 1380. The van der Waals surface area contributed by atoms with E-state index in [1.54, 1.807) is 30.4 Å². The first-order valence-corrected chi connectivity index (χ1v) is 11.2. The summed E-state index contributed by atoms with van der Waals surface area (Å²) in [6.07, 6.45) is 1.66. The van der Waals surface area contributed by atoms with Gasteiger partial charge in [0.25, 0.3) is 0 Å². The number of hydrogen-bond donors (Lipinski definition) is 6. The van der Waals surface area contributed by atoms with Crippen LogP contribution in [0.2, 0.25) is 0 Å². The second kappa shape index (κ2) is 7.62. The molecule has 4 aliphatic rings. The van der Waals surface area contributed by atoms with Crippen LogP contribution in [0.1, 0.15) is 29.2 Å². The number of piperidine rings is 1. The lowest BCUT2D eigenvalue weighted by Gasteiger charge is -2.40. The number of phenolic OH excluding ortho intramolecular Hbond substituents is 2. The Morgan fingerprint density at radius 3 is 2.77 bits per heavy atom. The molecule has 2 aromatic carbocycles. The summed E-state index contributed by atoms with van der Waals surface area (Å²) in [5.74, 6) is -0.913. The number of fused-ring (bicyclic) bond motifs is 4. The fraction of sp³-hybridized carbons (Fsp3) is 0.320. The quantitative estimate of drug-likeness (QED) is 0.325. The first kappa shape index (κ1) is 22.2. The molecule has 10 nitrogen and oxygen atoms in total. The Morgan fingerprint density at radius 1 is 1.17 bits per heavy atom. The van der Waals surface area contributed by atoms with Gasteiger partial charge < -0.3 is 40.8 Å². The number of aliphatic hydroxyl groups excluding tert-OH is 1. The van der Waals surface area contributed by atoms with E-state index in [0.29, 0.717) is 33.2 Å². The third kappa shape index (κ3) is 3.38. The van der Waals surface area contributed by atoms with Crippen LogP contribution in [-0.4, -0.2) is 67.7 Å². The van der Waals surface area contributed by atoms with Gasteiger partial charge in [-0.3, -0.25) is 4.79 Å². The van der Waals surface area contributed by atoms with E-state index in [9.17, 15) is 30.4 Å². The first-order chi connectivity index (χ1) is 16.6. The van der Waals surface area contributed by atoms with Crippen LogP contribution in [0.5, 0.6) is 11.5 Å². The predicted molar refractivity (Wildman–Crippen MR) is 122 cm³/mol. The van der Waals surface area contributed by atoms with E-state index in [1.807, 2.05) is 0 Å². The number of ether oxygens (including phenoxy) is 2. The van der Waals surface area contributed by atoms with Crippen molar-refractivity contribution < 1.29 is 39.9 Å². The van der Waals surface area contributed by atoms with E-state index < -0.39 is 24.2 Å². The lowest BCUT2D eigenvalue weighted by Crippen LogP contribution is -2.49. The number of carbonyl (C=O) groups is 1. The summed E-state index contributed by atoms with van der Waals surface area (Å²) >= 11 is 0. The Morgan fingerprint density at radius 2 is 1.97 bits per heavy atom. The van der Waals surface area contributed by atoms with Crippen molar-refractivity contribution in [1.29, 1.82) is 0 Å². The number of nitrogens with two attached hydrogens (primary N) is 1. The summed E-state index contributed by atoms with van der Waals surface area (Å²) in [7, 11) is 0. The number of carbonyl (C=O) groups excluding carboxylic acids is 1. The molecule has 35 heavy (non-hydrogen) atoms. The third-order valence-corrected chi connectivity index (χ3v) is 7.00. The molecule has 7 N–H and O–H groups in total. The van der Waals surface area contributed by atoms with Gasteiger partial charge in [0.05, 0.1) is 24.3 Å². The molecule has 4 atom stereocenters. The number of hydrogen-bond acceptors (Lipinski definition) is 10. The van der Waals surface area contributed by atoms with Gasteiger partial charge in [0, 0.05) is 36.1 Å². The number of nitrogens with zero attached hydrogens (tertiary/aromatic N) is 1. The van der Waals surface area contributed by atoms with E-state index in [1.165, 1.54) is 6.26 Å². The zero-order valence-corrected chi connectivity index (χ0v) is 18.5. The number of rotatable bonds is 1. The van der Waals surface area contributed by atoms with Crippen molar-refractivity contribution >= 4 is 22.1 Å². The maximum atomic E-state index is 12.7. The van der Waals surface area contributed by atoms with Crippen molar-refractivity contribution in [3.8, 4) is 11.5 Å². The van der Waals surface area contributed by atoms with Crippen LogP contribution < -0.4 is 5.73 Å². The highest BCUT2D eigenvalue weighted by Crippen LogP contribution is 2.50. The van der Waals surface area contributed by atoms with Gasteiger partial charge in [-0.2, -0.15) is 5.06 Å². The van der Waals surface area contributed by atoms with E-state index >= 15 is 0 Å². The Balaban J connectivity index is 1.60. The second-order valence-corrected chi connectivity index (χ2v) is 9.48. The molecular formula is C25H24N2O8. The van der Waals surface area contributed by atoms with Crippen molar-refractivity contribution in [1.82, 2.24) is 5.06 Å². The second-order valence-electron chi connectivity index (χ2n) is 9.48. The minimum absolute atomic E-state index is 0.0148. The van der Waals surface area contributed by atoms with Crippen LogP contribution >= 0.6 is 0 Å². The lowest BCUT2D eigenvalue weighted by atomic mass is 9.80. The molecule has 0 bridgehead atoms. The number of aliphatic hydroxyl groups is 2. The van der Waals surface area contributed by atoms with Crippen LogP contribution in [0, 0.1) is 0 Å². The molecule has 1 saturated heterocycles. The van der Waals surface area contributed by atoms with Crippen LogP contribution in [0.25, 0.3) is 16.3 Å². The number of hydroxylamine groups is 2. The third-order valence-electron chi connectivity index (χ3n) is 7.00. The molecule has 4 unspecified atom stereocenters. The Kier molecular flexibility index (Phi) is 4.84. The summed E-state index contributed by atoms with van der Waals surface area (Å²) in [6, 6.07) is 5.02. The van der Waals surface area contributed by atoms with Crippen LogP contribution in [0.15, 0.2) is 47.8 Å². The van der Waals surface area contributed by atoms with E-state index in [2.05, 4.69) is 0 Å². The maximum absolute atomic E-state index is 12.7. The zero-order valence-electron chi connectivity index (χ0n) is 18.5. The molecule has 10 heteroatoms. The fourth-order valence-electron chi connectivity index (χ4n) is 5.60. The summed E-state index contributed by atoms with van der Waals surface area (Å²) in [6.45, 7) is -0.188. The minimum Gasteiger partial charge on any atom is -0.507 e. The normalized spacial score (nSPS) is 30.5. The molecule has 3 heterocycles. The number of ketones is 1.